The van der Waals surface area contributed by atoms with Gasteiger partial charge in [-0.3, -0.25) is 9.69 Å². The first-order valence-corrected chi connectivity index (χ1v) is 7.66. The minimum atomic E-state index is -4.23. The van der Waals surface area contributed by atoms with E-state index in [1.807, 2.05) is 0 Å². The van der Waals surface area contributed by atoms with E-state index in [0.717, 1.165) is 0 Å². The molecule has 2 aliphatic heterocycles. The van der Waals surface area contributed by atoms with Crippen LogP contribution in [0.25, 0.3) is 0 Å². The van der Waals surface area contributed by atoms with Crippen LogP contribution in [-0.2, 0) is 9.53 Å². The van der Waals surface area contributed by atoms with Gasteiger partial charge in [0.25, 0.3) is 5.91 Å². The molecule has 0 bridgehead atoms. The highest BCUT2D eigenvalue weighted by atomic mass is 35.5. The first-order chi connectivity index (χ1) is 10.3. The summed E-state index contributed by atoms with van der Waals surface area (Å²) in [6, 6.07) is -1.47. The lowest BCUT2D eigenvalue weighted by Crippen LogP contribution is -2.60. The van der Waals surface area contributed by atoms with Crippen LogP contribution in [0.2, 0.25) is 0 Å². The standard InChI is InChI=1S/C14H24F3N3O2.2ClH/c1-11(14(15,16)17)19-7-9-20(10-8-19)12(21)13(22-2)3-5-18-6-4-13;;/h11,18H,3-10H2,1-2H3;2*1H. The molecule has 1 unspecified atom stereocenters. The lowest BCUT2D eigenvalue weighted by Gasteiger charge is -2.43. The van der Waals surface area contributed by atoms with E-state index >= 15 is 0 Å². The molecule has 2 rings (SSSR count). The highest BCUT2D eigenvalue weighted by Gasteiger charge is 2.45. The van der Waals surface area contributed by atoms with Crippen molar-refractivity contribution in [1.82, 2.24) is 15.1 Å². The average molecular weight is 396 g/mol. The van der Waals surface area contributed by atoms with Crippen LogP contribution in [0, 0.1) is 0 Å². The van der Waals surface area contributed by atoms with Gasteiger partial charge in [-0.15, -0.1) is 24.8 Å². The molecule has 0 radical (unpaired) electrons. The Morgan fingerprint density at radius 2 is 1.62 bits per heavy atom. The van der Waals surface area contributed by atoms with E-state index in [-0.39, 0.29) is 43.8 Å². The Morgan fingerprint density at radius 1 is 1.12 bits per heavy atom. The third kappa shape index (κ3) is 5.11. The number of amides is 1. The number of nitrogens with zero attached hydrogens (tertiary/aromatic N) is 2. The van der Waals surface area contributed by atoms with E-state index in [0.29, 0.717) is 39.0 Å². The molecule has 0 aromatic rings. The minimum Gasteiger partial charge on any atom is -0.368 e. The summed E-state index contributed by atoms with van der Waals surface area (Å²) < 4.78 is 43.7. The largest absolute Gasteiger partial charge is 0.403 e. The Hall–Kier alpha value is -0.280. The molecule has 0 aromatic carbocycles. The molecule has 2 saturated heterocycles. The molecule has 1 amide bonds. The van der Waals surface area contributed by atoms with Gasteiger partial charge in [-0.1, -0.05) is 0 Å². The summed E-state index contributed by atoms with van der Waals surface area (Å²) >= 11 is 0. The predicted molar refractivity (Wildman–Crippen MR) is 90.0 cm³/mol. The van der Waals surface area contributed by atoms with Crippen LogP contribution in [0.5, 0.6) is 0 Å². The first kappa shape index (κ1) is 23.7. The summed E-state index contributed by atoms with van der Waals surface area (Å²) in [6.07, 6.45) is -3.03. The predicted octanol–water partition coefficient (Wildman–Crippen LogP) is 1.69. The molecule has 2 aliphatic rings. The van der Waals surface area contributed by atoms with Gasteiger partial charge >= 0.3 is 6.18 Å². The number of hydrogen-bond acceptors (Lipinski definition) is 4. The van der Waals surface area contributed by atoms with Gasteiger partial charge in [-0.2, -0.15) is 13.2 Å². The van der Waals surface area contributed by atoms with E-state index in [2.05, 4.69) is 5.32 Å². The number of carbonyl (C=O) groups excluding carboxylic acids is 1. The third-order valence-corrected chi connectivity index (χ3v) is 4.81. The topological polar surface area (TPSA) is 44.8 Å². The normalized spacial score (nSPS) is 23.0. The zero-order valence-electron chi connectivity index (χ0n) is 13.9. The van der Waals surface area contributed by atoms with Gasteiger partial charge in [-0.25, -0.2) is 0 Å². The zero-order valence-corrected chi connectivity index (χ0v) is 15.5. The SMILES string of the molecule is COC1(C(=O)N2CCN(C(C)C(F)(F)F)CC2)CCNCC1.Cl.Cl. The fourth-order valence-electron chi connectivity index (χ4n) is 3.14. The molecule has 24 heavy (non-hydrogen) atoms. The Bertz CT molecular complexity index is 399. The van der Waals surface area contributed by atoms with Gasteiger partial charge in [0, 0.05) is 33.3 Å². The van der Waals surface area contributed by atoms with E-state index < -0.39 is 17.8 Å². The Kier molecular flexibility index (Phi) is 9.32. The van der Waals surface area contributed by atoms with E-state index in [4.69, 9.17) is 4.74 Å². The number of methoxy groups -OCH3 is 1. The van der Waals surface area contributed by atoms with Crippen LogP contribution in [0.3, 0.4) is 0 Å². The number of carbonyl (C=O) groups is 1. The van der Waals surface area contributed by atoms with Crippen molar-refractivity contribution in [3.8, 4) is 0 Å². The summed E-state index contributed by atoms with van der Waals surface area (Å²) in [5, 5.41) is 3.19. The number of piperidine rings is 1. The molecule has 0 aliphatic carbocycles. The number of ether oxygens (including phenoxy) is 1. The smallest absolute Gasteiger partial charge is 0.368 e. The summed E-state index contributed by atoms with van der Waals surface area (Å²) in [5.74, 6) is -0.0872. The van der Waals surface area contributed by atoms with E-state index in [1.54, 1.807) is 4.90 Å². The number of halogens is 5. The quantitative estimate of drug-likeness (QED) is 0.789. The van der Waals surface area contributed by atoms with Crippen molar-refractivity contribution in [2.45, 2.75) is 37.6 Å². The number of hydrogen-bond donors (Lipinski definition) is 1. The number of alkyl halides is 3. The summed E-state index contributed by atoms with van der Waals surface area (Å²) in [4.78, 5) is 15.7. The lowest BCUT2D eigenvalue weighted by atomic mass is 9.90. The van der Waals surface area contributed by atoms with Gasteiger partial charge in [-0.05, 0) is 32.9 Å². The monoisotopic (exact) mass is 395 g/mol. The molecule has 144 valence electrons. The zero-order chi connectivity index (χ0) is 16.4. The summed E-state index contributed by atoms with van der Waals surface area (Å²) in [7, 11) is 1.53. The fourth-order valence-corrected chi connectivity index (χ4v) is 3.14. The first-order valence-electron chi connectivity index (χ1n) is 7.66. The molecule has 2 fully saturated rings. The van der Waals surface area contributed by atoms with Crippen LogP contribution in [-0.4, -0.2) is 79.9 Å². The van der Waals surface area contributed by atoms with E-state index in [1.165, 1.54) is 18.9 Å². The molecule has 10 heteroatoms. The third-order valence-electron chi connectivity index (χ3n) is 4.81. The molecule has 1 N–H and O–H groups in total. The lowest BCUT2D eigenvalue weighted by molar-refractivity contribution is -0.185. The maximum Gasteiger partial charge on any atom is 0.403 e. The van der Waals surface area contributed by atoms with Gasteiger partial charge in [0.2, 0.25) is 0 Å². The maximum atomic E-state index is 12.7. The highest BCUT2D eigenvalue weighted by Crippen LogP contribution is 2.28. The molecule has 2 heterocycles. The molecule has 5 nitrogen and oxygen atoms in total. The second-order valence-electron chi connectivity index (χ2n) is 5.99. The van der Waals surface area contributed by atoms with Crippen molar-refractivity contribution in [3.63, 3.8) is 0 Å². The van der Waals surface area contributed by atoms with Crippen LogP contribution in [0.4, 0.5) is 13.2 Å². The van der Waals surface area contributed by atoms with Gasteiger partial charge in [0.15, 0.2) is 0 Å². The Balaban J connectivity index is 0.00000264. The molecule has 0 aromatic heterocycles. The summed E-state index contributed by atoms with van der Waals surface area (Å²) in [6.45, 7) is 3.71. The van der Waals surface area contributed by atoms with Gasteiger partial charge in [0.05, 0.1) is 0 Å². The highest BCUT2D eigenvalue weighted by molar-refractivity contribution is 5.86. The van der Waals surface area contributed by atoms with Crippen molar-refractivity contribution in [2.24, 2.45) is 0 Å². The second kappa shape index (κ2) is 9.43. The van der Waals surface area contributed by atoms with Crippen molar-refractivity contribution >= 4 is 30.7 Å². The van der Waals surface area contributed by atoms with Crippen molar-refractivity contribution in [2.75, 3.05) is 46.4 Å². The van der Waals surface area contributed by atoms with Crippen molar-refractivity contribution < 1.29 is 22.7 Å². The molecular weight excluding hydrogens is 370 g/mol. The van der Waals surface area contributed by atoms with Gasteiger partial charge < -0.3 is 15.0 Å². The molecule has 1 atom stereocenters. The number of rotatable bonds is 3. The fraction of sp³-hybridized carbons (Fsp3) is 0.929. The maximum absolute atomic E-state index is 12.7. The molecular formula is C14H26Cl2F3N3O2. The minimum absolute atomic E-state index is 0. The van der Waals surface area contributed by atoms with Crippen LogP contribution in [0.15, 0.2) is 0 Å². The second-order valence-corrected chi connectivity index (χ2v) is 5.99. The molecule has 0 saturated carbocycles. The average Bonchev–Trinajstić information content (AvgIpc) is 2.53. The van der Waals surface area contributed by atoms with Gasteiger partial charge in [0.1, 0.15) is 11.6 Å². The van der Waals surface area contributed by atoms with Crippen molar-refractivity contribution in [1.29, 1.82) is 0 Å². The molecule has 0 spiro atoms. The van der Waals surface area contributed by atoms with Crippen LogP contribution in [0.1, 0.15) is 19.8 Å². The Morgan fingerprint density at radius 3 is 2.04 bits per heavy atom. The number of piperazine rings is 1. The van der Waals surface area contributed by atoms with Crippen LogP contribution < -0.4 is 5.32 Å². The van der Waals surface area contributed by atoms with E-state index in [9.17, 15) is 18.0 Å². The summed E-state index contributed by atoms with van der Waals surface area (Å²) in [5.41, 5.74) is -0.816. The van der Waals surface area contributed by atoms with Crippen LogP contribution >= 0.6 is 24.8 Å². The number of nitrogens with one attached hydrogen (secondary N) is 1. The van der Waals surface area contributed by atoms with Crippen molar-refractivity contribution in [3.05, 3.63) is 0 Å². The Labute approximate surface area is 153 Å².